The first-order valence-electron chi connectivity index (χ1n) is 6.03. The number of fused-ring (bicyclic) bond motifs is 2. The molecule has 1 spiro atoms. The van der Waals surface area contributed by atoms with Crippen LogP contribution in [0.25, 0.3) is 0 Å². The molecule has 0 radical (unpaired) electrons. The maximum Gasteiger partial charge on any atom is 0.322 e. The topological polar surface area (TPSA) is 50.1 Å². The third-order valence-electron chi connectivity index (χ3n) is 3.92. The highest BCUT2D eigenvalue weighted by molar-refractivity contribution is 5.91. The van der Waals surface area contributed by atoms with Crippen molar-refractivity contribution < 1.29 is 9.53 Å². The van der Waals surface area contributed by atoms with Gasteiger partial charge in [0, 0.05) is 5.56 Å². The molecule has 3 heteroatoms. The Morgan fingerprint density at radius 2 is 2.00 bits per heavy atom. The van der Waals surface area contributed by atoms with Crippen LogP contribution in [0.3, 0.4) is 0 Å². The molecule has 1 aliphatic carbocycles. The lowest BCUT2D eigenvalue weighted by Gasteiger charge is -2.29. The number of carbonyl (C=O) groups is 1. The summed E-state index contributed by atoms with van der Waals surface area (Å²) in [6.45, 7) is 0. The molecular weight excluding hydrogens is 214 g/mol. The fourth-order valence-electron chi connectivity index (χ4n) is 3.00. The second-order valence-corrected chi connectivity index (χ2v) is 4.86. The number of esters is 1. The molecule has 2 aliphatic rings. The van der Waals surface area contributed by atoms with Crippen molar-refractivity contribution in [1.29, 1.82) is 5.26 Å². The van der Waals surface area contributed by atoms with Gasteiger partial charge in [-0.05, 0) is 31.0 Å². The van der Waals surface area contributed by atoms with Crippen molar-refractivity contribution in [1.82, 2.24) is 0 Å². The molecule has 1 aromatic rings. The van der Waals surface area contributed by atoms with Gasteiger partial charge in [0.2, 0.25) is 0 Å². The van der Waals surface area contributed by atoms with Gasteiger partial charge in [0.05, 0.1) is 17.0 Å². The van der Waals surface area contributed by atoms with E-state index in [2.05, 4.69) is 6.07 Å². The largest absolute Gasteiger partial charge is 0.426 e. The predicted octanol–water partition coefficient (Wildman–Crippen LogP) is 2.68. The number of rotatable bonds is 0. The zero-order chi connectivity index (χ0) is 11.9. The Morgan fingerprint density at radius 3 is 2.71 bits per heavy atom. The molecule has 0 bridgehead atoms. The van der Waals surface area contributed by atoms with Crippen molar-refractivity contribution in [2.24, 2.45) is 0 Å². The molecule has 1 heterocycles. The number of nitrogens with zero attached hydrogens (tertiary/aromatic N) is 1. The van der Waals surface area contributed by atoms with Crippen molar-refractivity contribution in [3.63, 3.8) is 0 Å². The molecule has 3 rings (SSSR count). The smallest absolute Gasteiger partial charge is 0.322 e. The van der Waals surface area contributed by atoms with Crippen LogP contribution in [0, 0.1) is 11.3 Å². The minimum Gasteiger partial charge on any atom is -0.426 e. The van der Waals surface area contributed by atoms with E-state index in [4.69, 9.17) is 10.00 Å². The fraction of sp³-hybridized carbons (Fsp3) is 0.429. The Bertz CT molecular complexity index is 522. The van der Waals surface area contributed by atoms with Gasteiger partial charge in [-0.2, -0.15) is 5.26 Å². The molecule has 1 saturated carbocycles. The summed E-state index contributed by atoms with van der Waals surface area (Å²) >= 11 is 0. The van der Waals surface area contributed by atoms with Crippen LogP contribution in [-0.2, 0) is 10.2 Å². The first kappa shape index (κ1) is 10.3. The summed E-state index contributed by atoms with van der Waals surface area (Å²) in [6, 6.07) is 7.40. The maximum atomic E-state index is 12.1. The van der Waals surface area contributed by atoms with Gasteiger partial charge in [-0.1, -0.05) is 19.3 Å². The third kappa shape index (κ3) is 1.37. The third-order valence-corrected chi connectivity index (χ3v) is 3.92. The van der Waals surface area contributed by atoms with Gasteiger partial charge in [-0.3, -0.25) is 4.79 Å². The number of nitriles is 1. The molecule has 0 aromatic heterocycles. The van der Waals surface area contributed by atoms with E-state index in [1.54, 1.807) is 12.1 Å². The SMILES string of the molecule is N#Cc1ccc2c(c1)C1(CCCCC1)C(=O)O2. The zero-order valence-corrected chi connectivity index (χ0v) is 9.53. The minimum atomic E-state index is -0.458. The first-order chi connectivity index (χ1) is 8.26. The Kier molecular flexibility index (Phi) is 2.19. The van der Waals surface area contributed by atoms with Crippen LogP contribution in [0.2, 0.25) is 0 Å². The van der Waals surface area contributed by atoms with Gasteiger partial charge in [-0.25, -0.2) is 0 Å². The Morgan fingerprint density at radius 1 is 1.24 bits per heavy atom. The van der Waals surface area contributed by atoms with E-state index in [0.29, 0.717) is 11.3 Å². The van der Waals surface area contributed by atoms with E-state index >= 15 is 0 Å². The van der Waals surface area contributed by atoms with Crippen LogP contribution in [0.1, 0.15) is 43.2 Å². The van der Waals surface area contributed by atoms with E-state index in [1.165, 1.54) is 6.42 Å². The number of carbonyl (C=O) groups excluding carboxylic acids is 1. The molecule has 0 amide bonds. The van der Waals surface area contributed by atoms with Crippen molar-refractivity contribution in [2.75, 3.05) is 0 Å². The molecule has 0 saturated heterocycles. The minimum absolute atomic E-state index is 0.123. The molecular formula is C14H13NO2. The second kappa shape index (κ2) is 3.59. The van der Waals surface area contributed by atoms with Crippen LogP contribution in [0.4, 0.5) is 0 Å². The molecule has 0 N–H and O–H groups in total. The summed E-state index contributed by atoms with van der Waals surface area (Å²) < 4.78 is 5.35. The molecule has 86 valence electrons. The average Bonchev–Trinajstić information content (AvgIpc) is 2.63. The van der Waals surface area contributed by atoms with Crippen LogP contribution in [0.5, 0.6) is 5.75 Å². The van der Waals surface area contributed by atoms with Crippen LogP contribution < -0.4 is 4.74 Å². The summed E-state index contributed by atoms with van der Waals surface area (Å²) in [5.74, 6) is 0.526. The molecule has 0 unspecified atom stereocenters. The van der Waals surface area contributed by atoms with Gasteiger partial charge in [0.1, 0.15) is 5.75 Å². The summed E-state index contributed by atoms with van der Waals surface area (Å²) in [5.41, 5.74) is 1.08. The Hall–Kier alpha value is -1.82. The number of ether oxygens (including phenoxy) is 1. The van der Waals surface area contributed by atoms with Gasteiger partial charge in [0.25, 0.3) is 0 Å². The van der Waals surface area contributed by atoms with E-state index in [0.717, 1.165) is 31.2 Å². The van der Waals surface area contributed by atoms with E-state index < -0.39 is 5.41 Å². The zero-order valence-electron chi connectivity index (χ0n) is 9.53. The summed E-state index contributed by atoms with van der Waals surface area (Å²) in [7, 11) is 0. The average molecular weight is 227 g/mol. The number of benzene rings is 1. The lowest BCUT2D eigenvalue weighted by molar-refractivity contribution is -0.139. The van der Waals surface area contributed by atoms with E-state index in [-0.39, 0.29) is 5.97 Å². The van der Waals surface area contributed by atoms with Gasteiger partial charge in [-0.15, -0.1) is 0 Å². The lowest BCUT2D eigenvalue weighted by Crippen LogP contribution is -2.35. The predicted molar refractivity (Wildman–Crippen MR) is 61.6 cm³/mol. The molecule has 1 aromatic carbocycles. The summed E-state index contributed by atoms with van der Waals surface area (Å²) in [5, 5.41) is 8.95. The lowest BCUT2D eigenvalue weighted by atomic mass is 9.70. The molecule has 3 nitrogen and oxygen atoms in total. The highest BCUT2D eigenvalue weighted by Crippen LogP contribution is 2.48. The Labute approximate surface area is 100 Å². The van der Waals surface area contributed by atoms with Gasteiger partial charge < -0.3 is 4.74 Å². The maximum absolute atomic E-state index is 12.1. The standard InChI is InChI=1S/C14H13NO2/c15-9-10-4-5-12-11(8-10)14(13(16)17-12)6-2-1-3-7-14/h4-5,8H,1-3,6-7H2. The molecule has 17 heavy (non-hydrogen) atoms. The summed E-state index contributed by atoms with van der Waals surface area (Å²) in [4.78, 5) is 12.1. The highest BCUT2D eigenvalue weighted by Gasteiger charge is 2.49. The first-order valence-corrected chi connectivity index (χ1v) is 6.03. The van der Waals surface area contributed by atoms with Crippen LogP contribution in [-0.4, -0.2) is 5.97 Å². The van der Waals surface area contributed by atoms with Crippen molar-refractivity contribution in [2.45, 2.75) is 37.5 Å². The molecule has 1 fully saturated rings. The van der Waals surface area contributed by atoms with E-state index in [1.807, 2.05) is 6.07 Å². The Balaban J connectivity index is 2.14. The van der Waals surface area contributed by atoms with Crippen LogP contribution in [0.15, 0.2) is 18.2 Å². The summed E-state index contributed by atoms with van der Waals surface area (Å²) in [6.07, 6.45) is 5.01. The fourth-order valence-corrected chi connectivity index (χ4v) is 3.00. The molecule has 1 aliphatic heterocycles. The quantitative estimate of drug-likeness (QED) is 0.505. The molecule has 0 atom stereocenters. The number of hydrogen-bond acceptors (Lipinski definition) is 3. The highest BCUT2D eigenvalue weighted by atomic mass is 16.5. The second-order valence-electron chi connectivity index (χ2n) is 4.86. The van der Waals surface area contributed by atoms with Crippen molar-refractivity contribution >= 4 is 5.97 Å². The normalized spacial score (nSPS) is 20.8. The van der Waals surface area contributed by atoms with Crippen molar-refractivity contribution in [3.8, 4) is 11.8 Å². The van der Waals surface area contributed by atoms with Crippen molar-refractivity contribution in [3.05, 3.63) is 29.3 Å². The van der Waals surface area contributed by atoms with Crippen LogP contribution >= 0.6 is 0 Å². The number of hydrogen-bond donors (Lipinski definition) is 0. The monoisotopic (exact) mass is 227 g/mol. The van der Waals surface area contributed by atoms with E-state index in [9.17, 15) is 4.79 Å². The van der Waals surface area contributed by atoms with Gasteiger partial charge in [0.15, 0.2) is 0 Å². The van der Waals surface area contributed by atoms with Gasteiger partial charge >= 0.3 is 5.97 Å².